The van der Waals surface area contributed by atoms with Crippen molar-refractivity contribution in [3.63, 3.8) is 0 Å². The van der Waals surface area contributed by atoms with Crippen molar-refractivity contribution in [1.29, 1.82) is 0 Å². The van der Waals surface area contributed by atoms with Gasteiger partial charge in [0.05, 0.1) is 11.3 Å². The van der Waals surface area contributed by atoms with Gasteiger partial charge in [0.1, 0.15) is 10.6 Å². The summed E-state index contributed by atoms with van der Waals surface area (Å²) in [4.78, 5) is 55.1. The van der Waals surface area contributed by atoms with Gasteiger partial charge in [-0.1, -0.05) is 36.4 Å². The third-order valence-corrected chi connectivity index (χ3v) is 9.12. The van der Waals surface area contributed by atoms with Crippen LogP contribution in [0.15, 0.2) is 66.2 Å². The van der Waals surface area contributed by atoms with Crippen LogP contribution in [0.3, 0.4) is 0 Å². The maximum atomic E-state index is 13.7. The number of carbonyl (C=O) groups excluding carboxylic acids is 4. The fraction of sp³-hybridized carbons (Fsp3) is 0.212. The molecule has 5 amide bonds. The predicted octanol–water partition coefficient (Wildman–Crippen LogP) is 6.26. The lowest BCUT2D eigenvalue weighted by molar-refractivity contribution is -0.122. The number of benzene rings is 2. The molecule has 0 bridgehead atoms. The van der Waals surface area contributed by atoms with Crippen LogP contribution < -0.4 is 15.5 Å². The van der Waals surface area contributed by atoms with Gasteiger partial charge in [0.2, 0.25) is 0 Å². The van der Waals surface area contributed by atoms with Crippen molar-refractivity contribution >= 4 is 52.5 Å². The maximum absolute atomic E-state index is 13.7. The maximum Gasteiger partial charge on any atom is 0.335 e. The molecule has 9 heteroatoms. The molecule has 8 nitrogen and oxygen atoms in total. The third kappa shape index (κ3) is 4.75. The van der Waals surface area contributed by atoms with Crippen molar-refractivity contribution in [2.45, 2.75) is 46.5 Å². The number of aromatic nitrogens is 1. The molecule has 2 aliphatic rings. The zero-order valence-electron chi connectivity index (χ0n) is 23.6. The smallest absolute Gasteiger partial charge is 0.322 e. The van der Waals surface area contributed by atoms with Crippen LogP contribution in [0.5, 0.6) is 0 Å². The minimum absolute atomic E-state index is 0.134. The number of amides is 5. The highest BCUT2D eigenvalue weighted by Crippen LogP contribution is 2.39. The molecule has 0 radical (unpaired) electrons. The van der Waals surface area contributed by atoms with Crippen molar-refractivity contribution in [2.75, 3.05) is 10.2 Å². The number of para-hydroxylation sites is 2. The first-order chi connectivity index (χ1) is 20.2. The number of thiophene rings is 1. The molecule has 4 aromatic rings. The lowest BCUT2D eigenvalue weighted by Crippen LogP contribution is -2.54. The summed E-state index contributed by atoms with van der Waals surface area (Å²) in [6.07, 6.45) is 5.42. The van der Waals surface area contributed by atoms with Crippen molar-refractivity contribution in [3.05, 3.63) is 105 Å². The van der Waals surface area contributed by atoms with Gasteiger partial charge in [-0.25, -0.2) is 9.69 Å². The summed E-state index contributed by atoms with van der Waals surface area (Å²) < 4.78 is 2.03. The molecule has 0 spiro atoms. The van der Waals surface area contributed by atoms with E-state index in [1.54, 1.807) is 36.5 Å². The van der Waals surface area contributed by atoms with Gasteiger partial charge >= 0.3 is 6.03 Å². The number of rotatable bonds is 5. The Morgan fingerprint density at radius 2 is 1.67 bits per heavy atom. The van der Waals surface area contributed by atoms with E-state index in [1.165, 1.54) is 11.0 Å². The van der Waals surface area contributed by atoms with Gasteiger partial charge in [-0.15, -0.1) is 11.3 Å². The minimum atomic E-state index is -0.778. The SMILES string of the molecule is Cc1ccccc1N1C(=O)NC(=O)/C(=C\c2cc(C)n(-c3sc4c(c3C(=O)Nc3ccccc3)CCCC4)c2C)C1=O. The van der Waals surface area contributed by atoms with E-state index in [0.29, 0.717) is 16.8 Å². The average molecular weight is 579 g/mol. The molecular formula is C33H30N4O4S. The van der Waals surface area contributed by atoms with E-state index >= 15 is 0 Å². The van der Waals surface area contributed by atoms with E-state index in [9.17, 15) is 19.2 Å². The summed E-state index contributed by atoms with van der Waals surface area (Å²) in [7, 11) is 0. The Morgan fingerprint density at radius 1 is 0.952 bits per heavy atom. The van der Waals surface area contributed by atoms with E-state index in [-0.39, 0.29) is 11.5 Å². The first-order valence-electron chi connectivity index (χ1n) is 13.9. The van der Waals surface area contributed by atoms with Gasteiger partial charge < -0.3 is 9.88 Å². The largest absolute Gasteiger partial charge is 0.335 e. The van der Waals surface area contributed by atoms with E-state index in [4.69, 9.17) is 0 Å². The number of nitrogens with zero attached hydrogens (tertiary/aromatic N) is 2. The molecule has 1 fully saturated rings. The second kappa shape index (κ2) is 10.9. The number of fused-ring (bicyclic) bond motifs is 1. The minimum Gasteiger partial charge on any atom is -0.322 e. The number of hydrogen-bond acceptors (Lipinski definition) is 5. The van der Waals surface area contributed by atoms with Gasteiger partial charge in [-0.2, -0.15) is 0 Å². The fourth-order valence-electron chi connectivity index (χ4n) is 5.75. The number of anilines is 2. The Kier molecular flexibility index (Phi) is 7.12. The molecule has 0 atom stereocenters. The summed E-state index contributed by atoms with van der Waals surface area (Å²) in [6, 6.07) is 17.6. The van der Waals surface area contributed by atoms with Crippen molar-refractivity contribution in [1.82, 2.24) is 9.88 Å². The Labute approximate surface area is 247 Å². The molecular weight excluding hydrogens is 548 g/mol. The van der Waals surface area contributed by atoms with Crippen molar-refractivity contribution < 1.29 is 19.2 Å². The summed E-state index contributed by atoms with van der Waals surface area (Å²) in [5, 5.41) is 6.20. The molecule has 1 saturated heterocycles. The Balaban J connectivity index is 1.42. The van der Waals surface area contributed by atoms with Gasteiger partial charge in [0.25, 0.3) is 17.7 Å². The van der Waals surface area contributed by atoms with Crippen LogP contribution in [0.4, 0.5) is 16.2 Å². The number of imide groups is 2. The summed E-state index contributed by atoms with van der Waals surface area (Å²) >= 11 is 1.62. The predicted molar refractivity (Wildman–Crippen MR) is 164 cm³/mol. The van der Waals surface area contributed by atoms with E-state index in [1.807, 2.05) is 60.9 Å². The highest BCUT2D eigenvalue weighted by Gasteiger charge is 2.37. The van der Waals surface area contributed by atoms with Crippen LogP contribution in [0, 0.1) is 20.8 Å². The Morgan fingerprint density at radius 3 is 2.43 bits per heavy atom. The van der Waals surface area contributed by atoms with Crippen LogP contribution in [-0.2, 0) is 22.4 Å². The van der Waals surface area contributed by atoms with Gasteiger partial charge in [0.15, 0.2) is 0 Å². The second-order valence-corrected chi connectivity index (χ2v) is 11.7. The highest BCUT2D eigenvalue weighted by molar-refractivity contribution is 7.15. The number of hydrogen-bond donors (Lipinski definition) is 2. The number of carbonyl (C=O) groups is 4. The monoisotopic (exact) mass is 578 g/mol. The number of nitrogens with one attached hydrogen (secondary N) is 2. The summed E-state index contributed by atoms with van der Waals surface area (Å²) in [5.74, 6) is -1.58. The first kappa shape index (κ1) is 27.4. The molecule has 0 saturated carbocycles. The molecule has 3 heterocycles. The zero-order chi connectivity index (χ0) is 29.5. The molecule has 1 aliphatic heterocycles. The second-order valence-electron chi connectivity index (χ2n) is 10.6. The lowest BCUT2D eigenvalue weighted by Gasteiger charge is -2.27. The standard InChI is InChI=1S/C33H30N4O4S/c1-19-11-7-9-15-26(19)37-31(40)25(29(38)35-33(37)41)18-22-17-20(2)36(21(22)3)32-28(24-14-8-10-16-27(24)42-32)30(39)34-23-12-5-4-6-13-23/h4-7,9,11-13,15,17-18H,8,10,14,16H2,1-3H3,(H,34,39)(H,35,38,41)/b25-18+. The number of urea groups is 1. The summed E-state index contributed by atoms with van der Waals surface area (Å²) in [5.41, 5.74) is 5.81. The van der Waals surface area contributed by atoms with Gasteiger partial charge in [-0.3, -0.25) is 19.7 Å². The molecule has 6 rings (SSSR count). The third-order valence-electron chi connectivity index (χ3n) is 7.84. The molecule has 212 valence electrons. The molecule has 2 N–H and O–H groups in total. The molecule has 2 aromatic heterocycles. The molecule has 0 unspecified atom stereocenters. The zero-order valence-corrected chi connectivity index (χ0v) is 24.4. The van der Waals surface area contributed by atoms with Crippen molar-refractivity contribution in [2.24, 2.45) is 0 Å². The van der Waals surface area contributed by atoms with Gasteiger partial charge in [0, 0.05) is 22.0 Å². The van der Waals surface area contributed by atoms with Crippen LogP contribution in [-0.4, -0.2) is 28.3 Å². The Bertz CT molecular complexity index is 1800. The first-order valence-corrected chi connectivity index (χ1v) is 14.7. The quantitative estimate of drug-likeness (QED) is 0.216. The number of aryl methyl sites for hydroxylation is 3. The molecule has 1 aliphatic carbocycles. The fourth-order valence-corrected chi connectivity index (χ4v) is 7.25. The number of barbiturate groups is 1. The summed E-state index contributed by atoms with van der Waals surface area (Å²) in [6.45, 7) is 5.65. The van der Waals surface area contributed by atoms with Crippen LogP contribution >= 0.6 is 11.3 Å². The van der Waals surface area contributed by atoms with E-state index in [2.05, 4.69) is 10.6 Å². The highest BCUT2D eigenvalue weighted by atomic mass is 32.1. The molecule has 2 aromatic carbocycles. The van der Waals surface area contributed by atoms with Crippen LogP contribution in [0.2, 0.25) is 0 Å². The Hall–Kier alpha value is -4.76. The van der Waals surface area contributed by atoms with Crippen molar-refractivity contribution in [3.8, 4) is 5.00 Å². The van der Waals surface area contributed by atoms with E-state index < -0.39 is 17.8 Å². The topological polar surface area (TPSA) is 101 Å². The lowest BCUT2D eigenvalue weighted by atomic mass is 9.95. The normalized spacial score (nSPS) is 16.0. The van der Waals surface area contributed by atoms with Crippen LogP contribution in [0.25, 0.3) is 11.1 Å². The van der Waals surface area contributed by atoms with E-state index in [0.717, 1.165) is 63.8 Å². The molecule has 42 heavy (non-hydrogen) atoms. The van der Waals surface area contributed by atoms with Crippen LogP contribution in [0.1, 0.15) is 56.2 Å². The van der Waals surface area contributed by atoms with Gasteiger partial charge in [-0.05, 0) is 93.5 Å². The average Bonchev–Trinajstić information content (AvgIpc) is 3.48.